The maximum absolute atomic E-state index is 13.7. The number of nitrogens with zero attached hydrogens (tertiary/aromatic N) is 2. The van der Waals surface area contributed by atoms with Crippen molar-refractivity contribution in [1.29, 1.82) is 0 Å². The van der Waals surface area contributed by atoms with Crippen molar-refractivity contribution in [2.24, 2.45) is 0 Å². The Hall–Kier alpha value is -3.66. The van der Waals surface area contributed by atoms with E-state index in [0.29, 0.717) is 30.4 Å². The number of aliphatic hydroxyl groups excluding tert-OH is 1. The highest BCUT2D eigenvalue weighted by Gasteiger charge is 2.32. The number of aromatic nitrogens is 1. The number of aliphatic hydroxyl groups is 1. The molecule has 1 aliphatic rings. The second kappa shape index (κ2) is 9.07. The van der Waals surface area contributed by atoms with Crippen LogP contribution in [0.5, 0.6) is 11.5 Å². The topological polar surface area (TPSA) is 74.7 Å². The van der Waals surface area contributed by atoms with Gasteiger partial charge in [0.15, 0.2) is 0 Å². The third kappa shape index (κ3) is 4.90. The minimum absolute atomic E-state index is 0.142. The predicted molar refractivity (Wildman–Crippen MR) is 112 cm³/mol. The summed E-state index contributed by atoms with van der Waals surface area (Å²) >= 11 is 0. The SMILES string of the molecule is O=C(NCCO)c1cccc2c1CCN2c1cc(Oc2cc(F)cc(C(F)(F)F)c2)ccn1. The molecule has 0 saturated carbocycles. The molecule has 0 radical (unpaired) electrons. The van der Waals surface area contributed by atoms with Crippen LogP contribution in [0, 0.1) is 5.82 Å². The van der Waals surface area contributed by atoms with Crippen LogP contribution in [0.4, 0.5) is 29.1 Å². The number of fused-ring (bicyclic) bond motifs is 1. The molecule has 0 bridgehead atoms. The first-order valence-corrected chi connectivity index (χ1v) is 10.1. The first kappa shape index (κ1) is 22.5. The quantitative estimate of drug-likeness (QED) is 0.531. The largest absolute Gasteiger partial charge is 0.457 e. The molecule has 172 valence electrons. The van der Waals surface area contributed by atoms with Gasteiger partial charge in [-0.3, -0.25) is 4.79 Å². The van der Waals surface area contributed by atoms with Crippen molar-refractivity contribution < 1.29 is 32.2 Å². The van der Waals surface area contributed by atoms with Crippen molar-refractivity contribution >= 4 is 17.4 Å². The van der Waals surface area contributed by atoms with Gasteiger partial charge in [0.05, 0.1) is 12.2 Å². The summed E-state index contributed by atoms with van der Waals surface area (Å²) in [5, 5.41) is 11.6. The van der Waals surface area contributed by atoms with E-state index in [0.717, 1.165) is 23.4 Å². The molecule has 0 fully saturated rings. The highest BCUT2D eigenvalue weighted by atomic mass is 19.4. The van der Waals surface area contributed by atoms with Gasteiger partial charge in [-0.1, -0.05) is 6.07 Å². The summed E-state index contributed by atoms with van der Waals surface area (Å²) < 4.78 is 58.1. The monoisotopic (exact) mass is 461 g/mol. The van der Waals surface area contributed by atoms with E-state index in [1.807, 2.05) is 11.0 Å². The molecule has 0 saturated heterocycles. The van der Waals surface area contributed by atoms with E-state index < -0.39 is 17.6 Å². The lowest BCUT2D eigenvalue weighted by Gasteiger charge is -2.19. The molecule has 1 amide bonds. The number of halogens is 4. The maximum Gasteiger partial charge on any atom is 0.416 e. The molecule has 0 spiro atoms. The average molecular weight is 461 g/mol. The van der Waals surface area contributed by atoms with E-state index in [1.165, 1.54) is 18.3 Å². The molecule has 6 nitrogen and oxygen atoms in total. The molecule has 3 aromatic rings. The van der Waals surface area contributed by atoms with Crippen molar-refractivity contribution in [3.05, 3.63) is 77.2 Å². The summed E-state index contributed by atoms with van der Waals surface area (Å²) in [7, 11) is 0. The van der Waals surface area contributed by atoms with Gasteiger partial charge < -0.3 is 20.1 Å². The van der Waals surface area contributed by atoms with Crippen LogP contribution in [0.1, 0.15) is 21.5 Å². The zero-order valence-corrected chi connectivity index (χ0v) is 17.2. The fraction of sp³-hybridized carbons (Fsp3) is 0.217. The van der Waals surface area contributed by atoms with Crippen molar-refractivity contribution in [3.8, 4) is 11.5 Å². The lowest BCUT2D eigenvalue weighted by atomic mass is 10.0. The second-order valence-corrected chi connectivity index (χ2v) is 7.31. The van der Waals surface area contributed by atoms with E-state index in [4.69, 9.17) is 9.84 Å². The number of alkyl halides is 3. The van der Waals surface area contributed by atoms with Gasteiger partial charge in [0.1, 0.15) is 23.1 Å². The number of anilines is 2. The molecule has 1 aromatic heterocycles. The Kier molecular flexibility index (Phi) is 6.19. The van der Waals surface area contributed by atoms with Crippen LogP contribution >= 0.6 is 0 Å². The van der Waals surface area contributed by atoms with E-state index in [9.17, 15) is 22.4 Å². The van der Waals surface area contributed by atoms with Crippen LogP contribution in [-0.4, -0.2) is 35.7 Å². The minimum atomic E-state index is -4.70. The number of benzene rings is 2. The van der Waals surface area contributed by atoms with E-state index in [2.05, 4.69) is 10.3 Å². The van der Waals surface area contributed by atoms with Gasteiger partial charge in [-0.05, 0) is 42.3 Å². The normalized spacial score (nSPS) is 13.1. The number of carbonyl (C=O) groups excluding carboxylic acids is 1. The third-order valence-corrected chi connectivity index (χ3v) is 5.10. The number of ether oxygens (including phenoxy) is 1. The molecule has 0 unspecified atom stereocenters. The van der Waals surface area contributed by atoms with Gasteiger partial charge in [-0.25, -0.2) is 9.37 Å². The third-order valence-electron chi connectivity index (χ3n) is 5.10. The van der Waals surface area contributed by atoms with E-state index in [-0.39, 0.29) is 30.6 Å². The summed E-state index contributed by atoms with van der Waals surface area (Å²) in [6.45, 7) is 0.497. The molecule has 0 atom stereocenters. The summed E-state index contributed by atoms with van der Waals surface area (Å²) in [5.41, 5.74) is 0.935. The van der Waals surface area contributed by atoms with E-state index >= 15 is 0 Å². The number of nitrogens with one attached hydrogen (secondary N) is 1. The maximum atomic E-state index is 13.7. The Morgan fingerprint density at radius 3 is 2.73 bits per heavy atom. The number of pyridine rings is 1. The van der Waals surface area contributed by atoms with Crippen LogP contribution in [0.2, 0.25) is 0 Å². The first-order chi connectivity index (χ1) is 15.8. The Balaban J connectivity index is 1.60. The number of amides is 1. The summed E-state index contributed by atoms with van der Waals surface area (Å²) in [6, 6.07) is 10.3. The zero-order chi connectivity index (χ0) is 23.6. The number of carbonyl (C=O) groups is 1. The van der Waals surface area contributed by atoms with Crippen molar-refractivity contribution in [2.75, 3.05) is 24.6 Å². The summed E-state index contributed by atoms with van der Waals surface area (Å²) in [6.07, 6.45) is -2.70. The highest BCUT2D eigenvalue weighted by molar-refractivity contribution is 5.98. The summed E-state index contributed by atoms with van der Waals surface area (Å²) in [4.78, 5) is 18.6. The molecule has 33 heavy (non-hydrogen) atoms. The molecule has 1 aliphatic heterocycles. The second-order valence-electron chi connectivity index (χ2n) is 7.31. The predicted octanol–water partition coefficient (Wildman–Crippen LogP) is 4.45. The Labute approximate surface area is 186 Å². The molecule has 2 aromatic carbocycles. The fourth-order valence-corrected chi connectivity index (χ4v) is 3.68. The minimum Gasteiger partial charge on any atom is -0.457 e. The fourth-order valence-electron chi connectivity index (χ4n) is 3.68. The van der Waals surface area contributed by atoms with Crippen molar-refractivity contribution in [2.45, 2.75) is 12.6 Å². The van der Waals surface area contributed by atoms with Crippen molar-refractivity contribution in [1.82, 2.24) is 10.3 Å². The first-order valence-electron chi connectivity index (χ1n) is 10.1. The van der Waals surface area contributed by atoms with Gasteiger partial charge in [-0.2, -0.15) is 13.2 Å². The van der Waals surface area contributed by atoms with Gasteiger partial charge >= 0.3 is 6.18 Å². The van der Waals surface area contributed by atoms with Gasteiger partial charge in [0.25, 0.3) is 5.91 Å². The summed E-state index contributed by atoms with van der Waals surface area (Å²) in [5.74, 6) is -0.992. The van der Waals surface area contributed by atoms with Crippen LogP contribution in [0.15, 0.2) is 54.7 Å². The van der Waals surface area contributed by atoms with Crippen LogP contribution in [0.25, 0.3) is 0 Å². The van der Waals surface area contributed by atoms with Crippen LogP contribution < -0.4 is 15.0 Å². The average Bonchev–Trinajstić information content (AvgIpc) is 3.21. The van der Waals surface area contributed by atoms with E-state index in [1.54, 1.807) is 12.1 Å². The lowest BCUT2D eigenvalue weighted by Crippen LogP contribution is -2.27. The highest BCUT2D eigenvalue weighted by Crippen LogP contribution is 2.38. The molecule has 2 heterocycles. The number of hydrogen-bond donors (Lipinski definition) is 2. The molecule has 2 N–H and O–H groups in total. The van der Waals surface area contributed by atoms with Gasteiger partial charge in [0, 0.05) is 42.7 Å². The molecule has 10 heteroatoms. The lowest BCUT2D eigenvalue weighted by molar-refractivity contribution is -0.137. The standard InChI is InChI=1S/C23H19F4N3O3/c24-15-10-14(23(25,26)27)11-17(12-15)33-16-4-6-28-21(13-16)30-8-5-18-19(2-1-3-20(18)30)22(32)29-7-9-31/h1-4,6,10-13,31H,5,7-9H2,(H,29,32). The van der Waals surface area contributed by atoms with Gasteiger partial charge in [-0.15, -0.1) is 0 Å². The zero-order valence-electron chi connectivity index (χ0n) is 17.2. The Bertz CT molecular complexity index is 1180. The Morgan fingerprint density at radius 1 is 1.15 bits per heavy atom. The van der Waals surface area contributed by atoms with Crippen LogP contribution in [0.3, 0.4) is 0 Å². The van der Waals surface area contributed by atoms with Crippen molar-refractivity contribution in [3.63, 3.8) is 0 Å². The molecular weight excluding hydrogens is 442 g/mol. The number of rotatable bonds is 6. The van der Waals surface area contributed by atoms with Crippen LogP contribution in [-0.2, 0) is 12.6 Å². The number of hydrogen-bond acceptors (Lipinski definition) is 5. The van der Waals surface area contributed by atoms with Gasteiger partial charge in [0.2, 0.25) is 0 Å². The molecular formula is C23H19F4N3O3. The smallest absolute Gasteiger partial charge is 0.416 e. The molecule has 0 aliphatic carbocycles. The molecule has 4 rings (SSSR count). The Morgan fingerprint density at radius 2 is 1.97 bits per heavy atom.